The second-order valence-electron chi connectivity index (χ2n) is 8.08. The summed E-state index contributed by atoms with van der Waals surface area (Å²) in [5.74, 6) is -1.14. The molecule has 0 bridgehead atoms. The Hall–Kier alpha value is -3.90. The normalized spacial score (nSPS) is 12.5. The van der Waals surface area contributed by atoms with Gasteiger partial charge in [0.25, 0.3) is 11.8 Å². The molecule has 0 aliphatic carbocycles. The summed E-state index contributed by atoms with van der Waals surface area (Å²) in [4.78, 5) is 40.9. The van der Waals surface area contributed by atoms with E-state index in [2.05, 4.69) is 25.4 Å². The Morgan fingerprint density at radius 2 is 2.00 bits per heavy atom. The fourth-order valence-corrected chi connectivity index (χ4v) is 5.05. The average molecular weight is 528 g/mol. The van der Waals surface area contributed by atoms with Crippen molar-refractivity contribution in [2.45, 2.75) is 20.0 Å². The molecular weight excluding hydrogens is 509 g/mol. The van der Waals surface area contributed by atoms with Crippen LogP contribution in [0, 0.1) is 12.7 Å². The molecule has 0 unspecified atom stereocenters. The van der Waals surface area contributed by atoms with Crippen molar-refractivity contribution in [2.24, 2.45) is 7.05 Å². The number of ether oxygens (including phenoxy) is 1. The molecule has 184 valence electrons. The molecule has 1 aliphatic rings. The number of thiazole rings is 1. The predicted molar refractivity (Wildman–Crippen MR) is 131 cm³/mol. The molecular formula is C23H19ClFN7O3S. The van der Waals surface area contributed by atoms with Gasteiger partial charge in [-0.15, -0.1) is 0 Å². The van der Waals surface area contributed by atoms with Gasteiger partial charge in [0.05, 0.1) is 48.7 Å². The Morgan fingerprint density at radius 1 is 1.19 bits per heavy atom. The molecule has 5 rings (SSSR count). The van der Waals surface area contributed by atoms with Gasteiger partial charge in [-0.25, -0.2) is 14.4 Å². The van der Waals surface area contributed by atoms with Crippen molar-refractivity contribution in [1.82, 2.24) is 29.6 Å². The number of rotatable bonds is 5. The van der Waals surface area contributed by atoms with E-state index in [1.54, 1.807) is 19.2 Å². The highest BCUT2D eigenvalue weighted by molar-refractivity contribution is 7.16. The molecule has 1 aliphatic heterocycles. The van der Waals surface area contributed by atoms with E-state index in [4.69, 9.17) is 16.3 Å². The van der Waals surface area contributed by atoms with Crippen LogP contribution < -0.4 is 10.1 Å². The summed E-state index contributed by atoms with van der Waals surface area (Å²) in [6.07, 6.45) is 4.12. The Labute approximate surface area is 213 Å². The summed E-state index contributed by atoms with van der Waals surface area (Å²) in [5.41, 5.74) is 2.61. The number of nitrogens with zero attached hydrogens (tertiary/aromatic N) is 6. The second-order valence-corrected chi connectivity index (χ2v) is 9.55. The number of aryl methyl sites for hydroxylation is 2. The minimum absolute atomic E-state index is 0.195. The number of halogens is 2. The standard InChI is InChI=1S/C23H19ClFN7O3S/c1-11-4-12(13-5-19(24)27-7-17(13)35-3)14(6-26-11)21(33)29-23-28-16-9-32(10-18(16)36-23)22(34)20-15(25)8-31(2)30-20/h4-8H,9-10H2,1-3H3,(H,28,29,33). The zero-order valence-corrected chi connectivity index (χ0v) is 20.9. The second kappa shape index (κ2) is 9.28. The van der Waals surface area contributed by atoms with Gasteiger partial charge in [-0.2, -0.15) is 5.10 Å². The van der Waals surface area contributed by atoms with Crippen LogP contribution in [0.5, 0.6) is 5.75 Å². The molecule has 0 aromatic carbocycles. The molecule has 0 saturated carbocycles. The van der Waals surface area contributed by atoms with Crippen molar-refractivity contribution in [3.8, 4) is 16.9 Å². The van der Waals surface area contributed by atoms with E-state index in [9.17, 15) is 14.0 Å². The summed E-state index contributed by atoms with van der Waals surface area (Å²) in [5, 5.41) is 7.36. The van der Waals surface area contributed by atoms with E-state index in [0.29, 0.717) is 39.0 Å². The van der Waals surface area contributed by atoms with Crippen LogP contribution in [0.15, 0.2) is 30.7 Å². The first-order valence-electron chi connectivity index (χ1n) is 10.7. The van der Waals surface area contributed by atoms with E-state index < -0.39 is 17.6 Å². The minimum Gasteiger partial charge on any atom is -0.494 e. The van der Waals surface area contributed by atoms with Gasteiger partial charge in [0.2, 0.25) is 0 Å². The first kappa shape index (κ1) is 23.8. The van der Waals surface area contributed by atoms with Gasteiger partial charge >= 0.3 is 0 Å². The van der Waals surface area contributed by atoms with Gasteiger partial charge in [-0.3, -0.25) is 24.6 Å². The van der Waals surface area contributed by atoms with Crippen molar-refractivity contribution >= 4 is 39.9 Å². The Morgan fingerprint density at radius 3 is 2.69 bits per heavy atom. The van der Waals surface area contributed by atoms with E-state index in [1.807, 2.05) is 6.92 Å². The lowest BCUT2D eigenvalue weighted by atomic mass is 10.0. The third kappa shape index (κ3) is 4.40. The van der Waals surface area contributed by atoms with Crippen molar-refractivity contribution in [2.75, 3.05) is 12.4 Å². The molecule has 0 radical (unpaired) electrons. The summed E-state index contributed by atoms with van der Waals surface area (Å²) in [7, 11) is 3.06. The van der Waals surface area contributed by atoms with Crippen molar-refractivity contribution in [1.29, 1.82) is 0 Å². The SMILES string of the molecule is COc1cnc(Cl)cc1-c1cc(C)ncc1C(=O)Nc1nc2c(s1)CN(C(=O)c1nn(C)cc1F)C2. The van der Waals surface area contributed by atoms with Crippen LogP contribution in [0.1, 0.15) is 37.1 Å². The van der Waals surface area contributed by atoms with Gasteiger partial charge in [-0.1, -0.05) is 22.9 Å². The number of nitrogens with one attached hydrogen (secondary N) is 1. The maximum atomic E-state index is 14.0. The molecule has 36 heavy (non-hydrogen) atoms. The predicted octanol–water partition coefficient (Wildman–Crippen LogP) is 3.85. The fraction of sp³-hybridized carbons (Fsp3) is 0.217. The maximum absolute atomic E-state index is 14.0. The number of anilines is 1. The van der Waals surface area contributed by atoms with Gasteiger partial charge in [0.15, 0.2) is 16.6 Å². The molecule has 13 heteroatoms. The van der Waals surface area contributed by atoms with Crippen LogP contribution in [0.4, 0.5) is 9.52 Å². The van der Waals surface area contributed by atoms with Gasteiger partial charge < -0.3 is 9.64 Å². The lowest BCUT2D eigenvalue weighted by Gasteiger charge is -2.14. The fourth-order valence-electron chi connectivity index (χ4n) is 3.91. The van der Waals surface area contributed by atoms with E-state index >= 15 is 0 Å². The van der Waals surface area contributed by atoms with Crippen molar-refractivity contribution in [3.63, 3.8) is 0 Å². The molecule has 1 N–H and O–H groups in total. The van der Waals surface area contributed by atoms with E-state index in [1.165, 1.54) is 40.4 Å². The van der Waals surface area contributed by atoms with E-state index in [0.717, 1.165) is 11.1 Å². The maximum Gasteiger partial charge on any atom is 0.278 e. The molecule has 4 aromatic heterocycles. The Balaban J connectivity index is 1.36. The number of hydrogen-bond donors (Lipinski definition) is 1. The smallest absolute Gasteiger partial charge is 0.278 e. The summed E-state index contributed by atoms with van der Waals surface area (Å²) in [6, 6.07) is 3.39. The van der Waals surface area contributed by atoms with Crippen molar-refractivity contribution < 1.29 is 18.7 Å². The average Bonchev–Trinajstić information content (AvgIpc) is 3.50. The molecule has 2 amide bonds. The molecule has 5 heterocycles. The van der Waals surface area contributed by atoms with Crippen LogP contribution in [0.3, 0.4) is 0 Å². The first-order chi connectivity index (χ1) is 17.2. The Kier molecular flexibility index (Phi) is 6.14. The summed E-state index contributed by atoms with van der Waals surface area (Å²) in [6.45, 7) is 2.26. The first-order valence-corrected chi connectivity index (χ1v) is 11.9. The number of carbonyl (C=O) groups excluding carboxylic acids is 2. The van der Waals surface area contributed by atoms with Crippen LogP contribution in [0.25, 0.3) is 11.1 Å². The van der Waals surface area contributed by atoms with Crippen LogP contribution in [-0.4, -0.2) is 48.6 Å². The monoisotopic (exact) mass is 527 g/mol. The lowest BCUT2D eigenvalue weighted by molar-refractivity contribution is 0.0739. The Bertz CT molecular complexity index is 1500. The third-order valence-electron chi connectivity index (χ3n) is 5.58. The zero-order valence-electron chi connectivity index (χ0n) is 19.4. The zero-order chi connectivity index (χ0) is 25.6. The largest absolute Gasteiger partial charge is 0.494 e. The van der Waals surface area contributed by atoms with Crippen LogP contribution in [0.2, 0.25) is 5.15 Å². The molecule has 10 nitrogen and oxygen atoms in total. The van der Waals surface area contributed by atoms with Gasteiger partial charge in [-0.05, 0) is 19.1 Å². The van der Waals surface area contributed by atoms with Crippen molar-refractivity contribution in [3.05, 3.63) is 69.2 Å². The third-order valence-corrected chi connectivity index (χ3v) is 6.78. The molecule has 0 fully saturated rings. The van der Waals surface area contributed by atoms with Gasteiger partial charge in [0.1, 0.15) is 10.9 Å². The highest BCUT2D eigenvalue weighted by Crippen LogP contribution is 2.35. The lowest BCUT2D eigenvalue weighted by Crippen LogP contribution is -2.27. The number of carbonyl (C=O) groups is 2. The van der Waals surface area contributed by atoms with Crippen LogP contribution in [-0.2, 0) is 20.1 Å². The topological polar surface area (TPSA) is 115 Å². The highest BCUT2D eigenvalue weighted by atomic mass is 35.5. The van der Waals surface area contributed by atoms with Gasteiger partial charge in [0, 0.05) is 30.1 Å². The minimum atomic E-state index is -0.673. The summed E-state index contributed by atoms with van der Waals surface area (Å²) >= 11 is 7.36. The number of methoxy groups -OCH3 is 1. The number of fused-ring (bicyclic) bond motifs is 1. The molecule has 4 aromatic rings. The number of pyridine rings is 2. The number of amides is 2. The molecule has 0 saturated heterocycles. The van der Waals surface area contributed by atoms with E-state index in [-0.39, 0.29) is 23.9 Å². The van der Waals surface area contributed by atoms with Crippen LogP contribution >= 0.6 is 22.9 Å². The quantitative estimate of drug-likeness (QED) is 0.392. The number of aromatic nitrogens is 5. The number of hydrogen-bond acceptors (Lipinski definition) is 8. The summed E-state index contributed by atoms with van der Waals surface area (Å²) < 4.78 is 20.6. The highest BCUT2D eigenvalue weighted by Gasteiger charge is 2.31. The molecule has 0 atom stereocenters. The molecule has 0 spiro atoms.